The molecule has 0 atom stereocenters. The molecule has 23 heavy (non-hydrogen) atoms. The second-order valence-electron chi connectivity index (χ2n) is 5.06. The van der Waals surface area contributed by atoms with Crippen molar-refractivity contribution < 1.29 is 23.8 Å². The van der Waals surface area contributed by atoms with E-state index in [0.717, 1.165) is 9.58 Å². The van der Waals surface area contributed by atoms with Gasteiger partial charge in [-0.2, -0.15) is 0 Å². The number of rotatable bonds is 6. The van der Waals surface area contributed by atoms with E-state index in [9.17, 15) is 9.59 Å². The van der Waals surface area contributed by atoms with E-state index in [0.29, 0.717) is 36.3 Å². The van der Waals surface area contributed by atoms with Crippen LogP contribution in [0.25, 0.3) is 10.1 Å². The van der Waals surface area contributed by atoms with E-state index in [2.05, 4.69) is 0 Å². The number of Topliss-reactive ketones (excluding diaryl/α,β-unsaturated/α-hetero) is 1. The number of ether oxygens (including phenoxy) is 3. The van der Waals surface area contributed by atoms with Crippen LogP contribution in [0.4, 0.5) is 0 Å². The van der Waals surface area contributed by atoms with Crippen LogP contribution in [0.2, 0.25) is 0 Å². The number of aryl methyl sites for hydroxylation is 1. The molecule has 2 aromatic rings. The molecule has 1 amide bonds. The Morgan fingerprint density at radius 2 is 2.09 bits per heavy atom. The lowest BCUT2D eigenvalue weighted by Crippen LogP contribution is -2.24. The van der Waals surface area contributed by atoms with Gasteiger partial charge in [0.2, 0.25) is 0 Å². The number of carbonyl (C=O) groups excluding carboxylic acids is 2. The zero-order valence-electron chi connectivity index (χ0n) is 12.7. The van der Waals surface area contributed by atoms with Gasteiger partial charge < -0.3 is 19.9 Å². The normalized spacial score (nSPS) is 15.2. The lowest BCUT2D eigenvalue weighted by atomic mass is 10.0. The number of fused-ring (bicyclic) bond motifs is 1. The van der Waals surface area contributed by atoms with Gasteiger partial charge in [-0.3, -0.25) is 9.59 Å². The van der Waals surface area contributed by atoms with Crippen molar-refractivity contribution in [2.45, 2.75) is 19.6 Å². The van der Waals surface area contributed by atoms with Crippen LogP contribution in [-0.2, 0) is 20.7 Å². The molecule has 122 valence electrons. The molecule has 0 saturated carbocycles. The number of hydrogen-bond acceptors (Lipinski definition) is 6. The van der Waals surface area contributed by atoms with Crippen molar-refractivity contribution in [3.05, 3.63) is 28.6 Å². The summed E-state index contributed by atoms with van der Waals surface area (Å²) in [6.45, 7) is 3.24. The monoisotopic (exact) mass is 335 g/mol. The summed E-state index contributed by atoms with van der Waals surface area (Å²) in [5, 5.41) is 0.635. The van der Waals surface area contributed by atoms with Gasteiger partial charge in [0.05, 0.1) is 18.8 Å². The van der Waals surface area contributed by atoms with Crippen molar-refractivity contribution in [2.24, 2.45) is 5.73 Å². The van der Waals surface area contributed by atoms with E-state index >= 15 is 0 Å². The van der Waals surface area contributed by atoms with Gasteiger partial charge in [-0.15, -0.1) is 11.3 Å². The van der Waals surface area contributed by atoms with Gasteiger partial charge in [-0.25, -0.2) is 0 Å². The van der Waals surface area contributed by atoms with E-state index < -0.39 is 18.0 Å². The number of amides is 1. The van der Waals surface area contributed by atoms with Gasteiger partial charge in [-0.05, 0) is 18.6 Å². The van der Waals surface area contributed by atoms with Crippen molar-refractivity contribution >= 4 is 33.1 Å². The number of thiophene rings is 1. The lowest BCUT2D eigenvalue weighted by molar-refractivity contribution is -0.114. The van der Waals surface area contributed by atoms with Crippen LogP contribution in [0.15, 0.2) is 18.2 Å². The van der Waals surface area contributed by atoms with Crippen molar-refractivity contribution in [2.75, 3.05) is 19.8 Å². The average Bonchev–Trinajstić information content (AvgIpc) is 3.19. The molecule has 1 fully saturated rings. The van der Waals surface area contributed by atoms with E-state index in [4.69, 9.17) is 19.9 Å². The average molecular weight is 335 g/mol. The van der Waals surface area contributed by atoms with Gasteiger partial charge in [0, 0.05) is 15.0 Å². The smallest absolute Gasteiger partial charge is 0.289 e. The van der Waals surface area contributed by atoms with Gasteiger partial charge in [0.15, 0.2) is 6.29 Å². The summed E-state index contributed by atoms with van der Waals surface area (Å²) < 4.78 is 17.4. The van der Waals surface area contributed by atoms with Crippen LogP contribution in [0.5, 0.6) is 5.75 Å². The molecule has 7 heteroatoms. The Morgan fingerprint density at radius 1 is 1.35 bits per heavy atom. The third-order valence-corrected chi connectivity index (χ3v) is 4.89. The quantitative estimate of drug-likeness (QED) is 0.643. The van der Waals surface area contributed by atoms with E-state index in [1.54, 1.807) is 6.07 Å². The first-order chi connectivity index (χ1) is 11.1. The third kappa shape index (κ3) is 3.08. The Bertz CT molecular complexity index is 748. The molecule has 1 aliphatic heterocycles. The Hall–Kier alpha value is -1.96. The Balaban J connectivity index is 2.01. The molecule has 2 N–H and O–H groups in total. The number of carbonyl (C=O) groups is 2. The Kier molecular flexibility index (Phi) is 4.61. The highest BCUT2D eigenvalue weighted by atomic mass is 32.1. The maximum atomic E-state index is 12.2. The number of benzene rings is 1. The zero-order valence-corrected chi connectivity index (χ0v) is 13.5. The molecular weight excluding hydrogens is 318 g/mol. The van der Waals surface area contributed by atoms with Gasteiger partial charge >= 0.3 is 0 Å². The number of nitrogens with two attached hydrogens (primary N) is 1. The summed E-state index contributed by atoms with van der Waals surface area (Å²) >= 11 is 1.47. The second-order valence-corrected chi connectivity index (χ2v) is 6.20. The lowest BCUT2D eigenvalue weighted by Gasteiger charge is -2.12. The largest absolute Gasteiger partial charge is 0.488 e. The van der Waals surface area contributed by atoms with E-state index in [-0.39, 0.29) is 6.61 Å². The number of ketones is 1. The van der Waals surface area contributed by atoms with Crippen LogP contribution in [0, 0.1) is 0 Å². The zero-order chi connectivity index (χ0) is 16.4. The molecule has 1 aromatic carbocycles. The van der Waals surface area contributed by atoms with Crippen LogP contribution in [0.3, 0.4) is 0 Å². The van der Waals surface area contributed by atoms with Crippen LogP contribution in [-0.4, -0.2) is 37.8 Å². The number of primary amides is 1. The molecule has 2 heterocycles. The van der Waals surface area contributed by atoms with Crippen LogP contribution < -0.4 is 10.5 Å². The SMILES string of the molecule is CCc1sc2cccc(OCC3OCCO3)c2c1C(=O)C(N)=O. The summed E-state index contributed by atoms with van der Waals surface area (Å²) in [5.74, 6) is -1.11. The summed E-state index contributed by atoms with van der Waals surface area (Å²) in [6, 6.07) is 5.51. The van der Waals surface area contributed by atoms with Crippen LogP contribution in [0.1, 0.15) is 22.2 Å². The first kappa shape index (κ1) is 15.9. The fraction of sp³-hybridized carbons (Fsp3) is 0.375. The van der Waals surface area contributed by atoms with Gasteiger partial charge in [-0.1, -0.05) is 13.0 Å². The Labute approximate surface area is 137 Å². The first-order valence-corrected chi connectivity index (χ1v) is 8.18. The molecule has 0 spiro atoms. The van der Waals surface area contributed by atoms with Gasteiger partial charge in [0.1, 0.15) is 12.4 Å². The molecule has 6 nitrogen and oxygen atoms in total. The molecule has 1 aromatic heterocycles. The minimum absolute atomic E-state index is 0.223. The standard InChI is InChI=1S/C16H17NO5S/c1-2-10-14(15(18)16(17)19)13-9(4-3-5-11(13)23-10)22-8-12-20-6-7-21-12/h3-5,12H,2,6-8H2,1H3,(H2,17,19). The van der Waals surface area contributed by atoms with Crippen molar-refractivity contribution in [3.8, 4) is 5.75 Å². The molecule has 0 aliphatic carbocycles. The first-order valence-electron chi connectivity index (χ1n) is 7.36. The molecule has 3 rings (SSSR count). The third-order valence-electron chi connectivity index (χ3n) is 3.59. The summed E-state index contributed by atoms with van der Waals surface area (Å²) in [6.07, 6.45) is 0.229. The van der Waals surface area contributed by atoms with Crippen molar-refractivity contribution in [3.63, 3.8) is 0 Å². The fourth-order valence-electron chi connectivity index (χ4n) is 2.56. The van der Waals surface area contributed by atoms with Gasteiger partial charge in [0.25, 0.3) is 11.7 Å². The summed E-state index contributed by atoms with van der Waals surface area (Å²) in [7, 11) is 0. The van der Waals surface area contributed by atoms with Crippen molar-refractivity contribution in [1.29, 1.82) is 0 Å². The summed E-state index contributed by atoms with van der Waals surface area (Å²) in [5.41, 5.74) is 5.55. The Morgan fingerprint density at radius 3 is 2.74 bits per heavy atom. The molecule has 0 bridgehead atoms. The minimum atomic E-state index is -0.961. The maximum Gasteiger partial charge on any atom is 0.289 e. The van der Waals surface area contributed by atoms with Crippen LogP contribution >= 0.6 is 11.3 Å². The highest BCUT2D eigenvalue weighted by molar-refractivity contribution is 7.19. The van der Waals surface area contributed by atoms with E-state index in [1.807, 2.05) is 19.1 Å². The highest BCUT2D eigenvalue weighted by Gasteiger charge is 2.25. The fourth-order valence-corrected chi connectivity index (χ4v) is 3.72. The maximum absolute atomic E-state index is 12.2. The molecule has 0 unspecified atom stereocenters. The molecule has 1 saturated heterocycles. The predicted octanol–water partition coefficient (Wildman–Crippen LogP) is 1.88. The summed E-state index contributed by atoms with van der Waals surface area (Å²) in [4.78, 5) is 24.5. The van der Waals surface area contributed by atoms with Crippen molar-refractivity contribution in [1.82, 2.24) is 0 Å². The molecule has 0 radical (unpaired) electrons. The second kappa shape index (κ2) is 6.66. The molecular formula is C16H17NO5S. The predicted molar refractivity (Wildman–Crippen MR) is 85.9 cm³/mol. The minimum Gasteiger partial charge on any atom is -0.488 e. The molecule has 1 aliphatic rings. The van der Waals surface area contributed by atoms with E-state index in [1.165, 1.54) is 11.3 Å². The topological polar surface area (TPSA) is 87.8 Å². The highest BCUT2D eigenvalue weighted by Crippen LogP contribution is 2.38. The number of hydrogen-bond donors (Lipinski definition) is 1.